The van der Waals surface area contributed by atoms with Crippen LogP contribution in [0.1, 0.15) is 11.3 Å². The molecule has 0 unspecified atom stereocenters. The number of anilines is 1. The third kappa shape index (κ3) is 2.48. The lowest BCUT2D eigenvalue weighted by atomic mass is 10.2. The normalized spacial score (nSPS) is 11.5. The molecule has 0 atom stereocenters. The number of nitrogens with two attached hydrogens (primary N) is 1. The Kier molecular flexibility index (Phi) is 3.54. The van der Waals surface area contributed by atoms with Gasteiger partial charge in [-0.2, -0.15) is 10.2 Å². The van der Waals surface area contributed by atoms with Crippen molar-refractivity contribution in [2.45, 2.75) is 13.5 Å². The van der Waals surface area contributed by atoms with E-state index >= 15 is 0 Å². The summed E-state index contributed by atoms with van der Waals surface area (Å²) in [6, 6.07) is 10.3. The van der Waals surface area contributed by atoms with Gasteiger partial charge >= 0.3 is 0 Å². The zero-order valence-electron chi connectivity index (χ0n) is 14.9. The number of fused-ring (bicyclic) bond motifs is 2. The molecule has 28 heavy (non-hydrogen) atoms. The van der Waals surface area contributed by atoms with Crippen molar-refractivity contribution in [2.24, 2.45) is 0 Å². The molecule has 9 heteroatoms. The van der Waals surface area contributed by atoms with Crippen molar-refractivity contribution < 1.29 is 4.39 Å². The first kappa shape index (κ1) is 16.3. The third-order valence-corrected chi connectivity index (χ3v) is 4.62. The Balaban J connectivity index is 1.70. The molecule has 5 rings (SSSR count). The fourth-order valence-electron chi connectivity index (χ4n) is 3.28. The van der Waals surface area contributed by atoms with Crippen LogP contribution in [-0.2, 0) is 6.54 Å². The van der Waals surface area contributed by atoms with E-state index in [2.05, 4.69) is 30.2 Å². The molecule has 8 nitrogen and oxygen atoms in total. The summed E-state index contributed by atoms with van der Waals surface area (Å²) in [6.07, 6.45) is 1.67. The van der Waals surface area contributed by atoms with Crippen LogP contribution in [-0.4, -0.2) is 34.9 Å². The maximum atomic E-state index is 14.1. The number of hydrogen-bond acceptors (Lipinski definition) is 6. The lowest BCUT2D eigenvalue weighted by molar-refractivity contribution is 0.589. The SMILES string of the molecule is Cc1[nH]nc2nc(-c3nn(Cc4ccccc4F)c4ncccc34)nc(N)c12. The van der Waals surface area contributed by atoms with Crippen LogP contribution >= 0.6 is 0 Å². The van der Waals surface area contributed by atoms with E-state index in [1.807, 2.05) is 19.1 Å². The molecule has 0 bridgehead atoms. The topological polar surface area (TPSA) is 111 Å². The quantitative estimate of drug-likeness (QED) is 0.502. The average molecular weight is 374 g/mol. The Morgan fingerprint density at radius 2 is 2.00 bits per heavy atom. The second-order valence-corrected chi connectivity index (χ2v) is 6.45. The van der Waals surface area contributed by atoms with Crippen molar-refractivity contribution in [1.82, 2.24) is 34.9 Å². The molecule has 4 heterocycles. The number of aryl methyl sites for hydroxylation is 1. The summed E-state index contributed by atoms with van der Waals surface area (Å²) < 4.78 is 15.8. The molecule has 138 valence electrons. The lowest BCUT2D eigenvalue weighted by Crippen LogP contribution is -2.05. The van der Waals surface area contributed by atoms with Crippen LogP contribution in [0.2, 0.25) is 0 Å². The van der Waals surface area contributed by atoms with Crippen molar-refractivity contribution in [2.75, 3.05) is 5.73 Å². The van der Waals surface area contributed by atoms with Gasteiger partial charge in [-0.25, -0.2) is 24.0 Å². The number of nitrogens with one attached hydrogen (secondary N) is 1. The minimum absolute atomic E-state index is 0.236. The second kappa shape index (κ2) is 6.08. The maximum absolute atomic E-state index is 14.1. The Morgan fingerprint density at radius 3 is 2.86 bits per heavy atom. The number of aromatic nitrogens is 7. The van der Waals surface area contributed by atoms with Crippen molar-refractivity contribution in [3.05, 3.63) is 59.7 Å². The number of aromatic amines is 1. The number of nitrogens with zero attached hydrogens (tertiary/aromatic N) is 6. The molecule has 0 fully saturated rings. The van der Waals surface area contributed by atoms with Gasteiger partial charge in [-0.3, -0.25) is 5.10 Å². The lowest BCUT2D eigenvalue weighted by Gasteiger charge is -2.04. The third-order valence-electron chi connectivity index (χ3n) is 4.62. The predicted molar refractivity (Wildman–Crippen MR) is 103 cm³/mol. The number of halogens is 1. The second-order valence-electron chi connectivity index (χ2n) is 6.45. The fourth-order valence-corrected chi connectivity index (χ4v) is 3.28. The highest BCUT2D eigenvalue weighted by atomic mass is 19.1. The van der Waals surface area contributed by atoms with Gasteiger partial charge in [-0.1, -0.05) is 18.2 Å². The number of nitrogen functional groups attached to an aromatic ring is 1. The molecule has 4 aromatic heterocycles. The first-order valence-corrected chi connectivity index (χ1v) is 8.65. The molecular weight excluding hydrogens is 359 g/mol. The van der Waals surface area contributed by atoms with Crippen molar-refractivity contribution in [3.63, 3.8) is 0 Å². The number of pyridine rings is 1. The van der Waals surface area contributed by atoms with Crippen LogP contribution in [0, 0.1) is 12.7 Å². The van der Waals surface area contributed by atoms with Gasteiger partial charge in [0.05, 0.1) is 17.3 Å². The summed E-state index contributed by atoms with van der Waals surface area (Å²) in [6.45, 7) is 2.09. The molecule has 0 spiro atoms. The molecule has 0 aliphatic carbocycles. The summed E-state index contributed by atoms with van der Waals surface area (Å²) in [4.78, 5) is 13.3. The van der Waals surface area contributed by atoms with E-state index in [0.29, 0.717) is 39.6 Å². The predicted octanol–water partition coefficient (Wildman–Crippen LogP) is 2.84. The number of H-pyrrole nitrogens is 1. The van der Waals surface area contributed by atoms with Crippen LogP contribution in [0.25, 0.3) is 33.6 Å². The monoisotopic (exact) mass is 374 g/mol. The van der Waals surface area contributed by atoms with Gasteiger partial charge in [-0.05, 0) is 25.1 Å². The van der Waals surface area contributed by atoms with Crippen LogP contribution in [0.5, 0.6) is 0 Å². The van der Waals surface area contributed by atoms with Crippen molar-refractivity contribution in [1.29, 1.82) is 0 Å². The molecule has 0 aliphatic heterocycles. The summed E-state index contributed by atoms with van der Waals surface area (Å²) in [5.74, 6) is 0.381. The largest absolute Gasteiger partial charge is 0.383 e. The summed E-state index contributed by atoms with van der Waals surface area (Å²) in [5.41, 5.74) is 9.05. The van der Waals surface area contributed by atoms with E-state index in [1.54, 1.807) is 29.1 Å². The van der Waals surface area contributed by atoms with Gasteiger partial charge in [0.1, 0.15) is 17.3 Å². The van der Waals surface area contributed by atoms with Gasteiger partial charge < -0.3 is 5.73 Å². The Labute approximate surface area is 158 Å². The van der Waals surface area contributed by atoms with Crippen LogP contribution < -0.4 is 5.73 Å². The van der Waals surface area contributed by atoms with Crippen molar-refractivity contribution in [3.8, 4) is 11.5 Å². The van der Waals surface area contributed by atoms with E-state index in [-0.39, 0.29) is 12.4 Å². The molecule has 3 N–H and O–H groups in total. The summed E-state index contributed by atoms with van der Waals surface area (Å²) >= 11 is 0. The van der Waals surface area contributed by atoms with Gasteiger partial charge in [-0.15, -0.1) is 0 Å². The zero-order chi connectivity index (χ0) is 19.3. The average Bonchev–Trinajstić information content (AvgIpc) is 3.25. The Hall–Kier alpha value is -3.88. The summed E-state index contributed by atoms with van der Waals surface area (Å²) in [7, 11) is 0. The highest BCUT2D eigenvalue weighted by molar-refractivity contribution is 5.93. The first-order chi connectivity index (χ1) is 13.6. The van der Waals surface area contributed by atoms with Crippen LogP contribution in [0.4, 0.5) is 10.2 Å². The summed E-state index contributed by atoms with van der Waals surface area (Å²) in [5, 5.41) is 13.1. The van der Waals surface area contributed by atoms with Gasteiger partial charge in [0.15, 0.2) is 17.1 Å². The van der Waals surface area contributed by atoms with E-state index in [1.165, 1.54) is 6.07 Å². The molecule has 0 saturated carbocycles. The van der Waals surface area contributed by atoms with Gasteiger partial charge in [0, 0.05) is 17.5 Å². The highest BCUT2D eigenvalue weighted by Gasteiger charge is 2.19. The molecule has 0 amide bonds. The van der Waals surface area contributed by atoms with E-state index in [4.69, 9.17) is 5.73 Å². The Morgan fingerprint density at radius 1 is 1.14 bits per heavy atom. The Bertz CT molecular complexity index is 1340. The van der Waals surface area contributed by atoms with Gasteiger partial charge in [0.2, 0.25) is 0 Å². The van der Waals surface area contributed by atoms with E-state index in [0.717, 1.165) is 11.1 Å². The fraction of sp³-hybridized carbons (Fsp3) is 0.105. The van der Waals surface area contributed by atoms with Crippen LogP contribution in [0.15, 0.2) is 42.6 Å². The van der Waals surface area contributed by atoms with Crippen LogP contribution in [0.3, 0.4) is 0 Å². The molecule has 0 aliphatic rings. The minimum Gasteiger partial charge on any atom is -0.383 e. The maximum Gasteiger partial charge on any atom is 0.187 e. The van der Waals surface area contributed by atoms with E-state index in [9.17, 15) is 4.39 Å². The standard InChI is InChI=1S/C19H15FN8/c1-10-14-16(21)23-18(24-17(14)26-25-10)15-12-6-4-8-22-19(12)28(27-15)9-11-5-2-3-7-13(11)20/h2-8H,9H2,1H3,(H3,21,23,24,25,26). The smallest absolute Gasteiger partial charge is 0.187 e. The first-order valence-electron chi connectivity index (χ1n) is 8.65. The molecule has 0 radical (unpaired) electrons. The number of benzene rings is 1. The molecule has 0 saturated heterocycles. The number of hydrogen-bond donors (Lipinski definition) is 2. The molecular formula is C19H15FN8. The highest BCUT2D eigenvalue weighted by Crippen LogP contribution is 2.28. The molecule has 5 aromatic rings. The zero-order valence-corrected chi connectivity index (χ0v) is 14.9. The van der Waals surface area contributed by atoms with E-state index < -0.39 is 0 Å². The number of rotatable bonds is 3. The minimum atomic E-state index is -0.294. The van der Waals surface area contributed by atoms with Crippen molar-refractivity contribution >= 4 is 27.9 Å². The molecule has 1 aromatic carbocycles. The van der Waals surface area contributed by atoms with Gasteiger partial charge in [0.25, 0.3) is 0 Å².